The highest BCUT2D eigenvalue weighted by Crippen LogP contribution is 2.26. The van der Waals surface area contributed by atoms with Crippen LogP contribution in [0.15, 0.2) is 12.4 Å². The summed E-state index contributed by atoms with van der Waals surface area (Å²) in [6.45, 7) is 6.10. The zero-order chi connectivity index (χ0) is 10.3. The minimum absolute atomic E-state index is 0.104. The molecule has 0 bridgehead atoms. The number of hydrogen-bond acceptors (Lipinski definition) is 3. The third-order valence-corrected chi connectivity index (χ3v) is 2.71. The maximum absolute atomic E-state index is 5.78. The van der Waals surface area contributed by atoms with Gasteiger partial charge in [-0.1, -0.05) is 0 Å². The smallest absolute Gasteiger partial charge is 0.402 e. The zero-order valence-corrected chi connectivity index (χ0v) is 9.02. The average molecular weight is 194 g/mol. The Morgan fingerprint density at radius 3 is 2.71 bits per heavy atom. The van der Waals surface area contributed by atoms with Crippen molar-refractivity contribution in [2.45, 2.75) is 32.5 Å². The first kappa shape index (κ1) is 9.74. The van der Waals surface area contributed by atoms with E-state index in [0.29, 0.717) is 0 Å². The molecule has 2 rings (SSSR count). The number of rotatable bonds is 1. The first-order valence-electron chi connectivity index (χ1n) is 4.81. The summed E-state index contributed by atoms with van der Waals surface area (Å²) in [5, 5.41) is 4.09. The van der Waals surface area contributed by atoms with Gasteiger partial charge in [0.1, 0.15) is 0 Å². The van der Waals surface area contributed by atoms with Crippen molar-refractivity contribution in [1.29, 1.82) is 0 Å². The van der Waals surface area contributed by atoms with Gasteiger partial charge in [-0.15, -0.1) is 0 Å². The van der Waals surface area contributed by atoms with Gasteiger partial charge in [-0.2, -0.15) is 5.10 Å². The van der Waals surface area contributed by atoms with E-state index in [-0.39, 0.29) is 18.8 Å². The largest absolute Gasteiger partial charge is 0.497 e. The highest BCUT2D eigenvalue weighted by Gasteiger charge is 2.44. The summed E-state index contributed by atoms with van der Waals surface area (Å²) in [6.07, 6.45) is 3.80. The molecule has 1 aromatic heterocycles. The normalized spacial score (nSPS) is 25.7. The van der Waals surface area contributed by atoms with Crippen LogP contribution in [0.5, 0.6) is 0 Å². The Bertz CT molecular complexity index is 337. The minimum atomic E-state index is -0.270. The first-order chi connectivity index (χ1) is 6.49. The van der Waals surface area contributed by atoms with E-state index in [9.17, 15) is 0 Å². The summed E-state index contributed by atoms with van der Waals surface area (Å²) in [5.41, 5.74) is 0.755. The van der Waals surface area contributed by atoms with Gasteiger partial charge in [0.2, 0.25) is 0 Å². The van der Waals surface area contributed by atoms with Crippen molar-refractivity contribution >= 4 is 12.6 Å². The highest BCUT2D eigenvalue weighted by atomic mass is 16.7. The lowest BCUT2D eigenvalue weighted by Crippen LogP contribution is -2.34. The maximum Gasteiger partial charge on any atom is 0.497 e. The Morgan fingerprint density at radius 1 is 1.57 bits per heavy atom. The van der Waals surface area contributed by atoms with Gasteiger partial charge in [-0.25, -0.2) is 0 Å². The molecular formula is C9H15BN2O2. The molecule has 0 aromatic carbocycles. The Balaban J connectivity index is 2.16. The van der Waals surface area contributed by atoms with Crippen molar-refractivity contribution in [2.24, 2.45) is 7.05 Å². The molecule has 1 unspecified atom stereocenters. The second-order valence-electron chi connectivity index (χ2n) is 4.28. The van der Waals surface area contributed by atoms with E-state index in [1.165, 1.54) is 0 Å². The zero-order valence-electron chi connectivity index (χ0n) is 9.02. The van der Waals surface area contributed by atoms with Gasteiger partial charge < -0.3 is 9.31 Å². The molecule has 0 spiro atoms. The van der Waals surface area contributed by atoms with Gasteiger partial charge in [0, 0.05) is 24.9 Å². The van der Waals surface area contributed by atoms with Crippen LogP contribution in [0, 0.1) is 0 Å². The van der Waals surface area contributed by atoms with Crippen LogP contribution in [0.25, 0.3) is 0 Å². The van der Waals surface area contributed by atoms with E-state index in [4.69, 9.17) is 9.31 Å². The molecule has 1 aromatic rings. The van der Waals surface area contributed by atoms with Gasteiger partial charge in [0.25, 0.3) is 0 Å². The summed E-state index contributed by atoms with van der Waals surface area (Å²) in [6, 6.07) is 0. The van der Waals surface area contributed by atoms with Crippen molar-refractivity contribution in [2.75, 3.05) is 0 Å². The van der Waals surface area contributed by atoms with Crippen LogP contribution in [0.1, 0.15) is 20.8 Å². The number of hydrogen-bond donors (Lipinski definition) is 0. The molecule has 0 aliphatic carbocycles. The number of aryl methyl sites for hydroxylation is 1. The molecule has 0 saturated carbocycles. The van der Waals surface area contributed by atoms with E-state index in [1.54, 1.807) is 10.9 Å². The van der Waals surface area contributed by atoms with E-state index in [2.05, 4.69) is 5.10 Å². The Hall–Kier alpha value is -0.805. The van der Waals surface area contributed by atoms with E-state index < -0.39 is 0 Å². The molecule has 1 fully saturated rings. The first-order valence-corrected chi connectivity index (χ1v) is 4.81. The summed E-state index contributed by atoms with van der Waals surface area (Å²) in [7, 11) is 1.61. The van der Waals surface area contributed by atoms with Crippen molar-refractivity contribution in [1.82, 2.24) is 9.78 Å². The number of nitrogens with zero attached hydrogens (tertiary/aromatic N) is 2. The average Bonchev–Trinajstić information content (AvgIpc) is 2.58. The quantitative estimate of drug-likeness (QED) is 0.604. The van der Waals surface area contributed by atoms with E-state index in [1.807, 2.05) is 34.0 Å². The molecule has 4 nitrogen and oxygen atoms in total. The van der Waals surface area contributed by atoms with E-state index >= 15 is 0 Å². The van der Waals surface area contributed by atoms with Crippen LogP contribution in [-0.4, -0.2) is 28.6 Å². The molecule has 0 amide bonds. The summed E-state index contributed by atoms with van der Waals surface area (Å²) in [5.74, 6) is 0. The van der Waals surface area contributed by atoms with Gasteiger partial charge in [-0.05, 0) is 20.8 Å². The molecular weight excluding hydrogens is 179 g/mol. The molecule has 1 atom stereocenters. The summed E-state index contributed by atoms with van der Waals surface area (Å²) < 4.78 is 13.2. The fraction of sp³-hybridized carbons (Fsp3) is 0.667. The summed E-state index contributed by atoms with van der Waals surface area (Å²) >= 11 is 0. The molecule has 1 aliphatic heterocycles. The number of aromatic nitrogens is 2. The van der Waals surface area contributed by atoms with Crippen LogP contribution >= 0.6 is 0 Å². The lowest BCUT2D eigenvalue weighted by atomic mass is 9.82. The molecule has 0 radical (unpaired) electrons. The van der Waals surface area contributed by atoms with Crippen LogP contribution in [0.2, 0.25) is 0 Å². The Morgan fingerprint density at radius 2 is 2.29 bits per heavy atom. The molecule has 2 heterocycles. The van der Waals surface area contributed by atoms with Crippen LogP contribution in [-0.2, 0) is 16.4 Å². The van der Waals surface area contributed by atoms with Gasteiger partial charge >= 0.3 is 7.12 Å². The Kier molecular flexibility index (Phi) is 2.16. The van der Waals surface area contributed by atoms with E-state index in [0.717, 1.165) is 5.46 Å². The van der Waals surface area contributed by atoms with Gasteiger partial charge in [0.05, 0.1) is 11.7 Å². The minimum Gasteiger partial charge on any atom is -0.402 e. The molecule has 76 valence electrons. The molecule has 5 heteroatoms. The van der Waals surface area contributed by atoms with Crippen LogP contribution in [0.3, 0.4) is 0 Å². The molecule has 1 saturated heterocycles. The fourth-order valence-electron chi connectivity index (χ4n) is 1.46. The topological polar surface area (TPSA) is 36.3 Å². The SMILES string of the molecule is CC1OB(c2cnn(C)c2)OC1(C)C. The maximum atomic E-state index is 5.78. The van der Waals surface area contributed by atoms with Crippen molar-refractivity contribution in [3.63, 3.8) is 0 Å². The highest BCUT2D eigenvalue weighted by molar-refractivity contribution is 6.61. The van der Waals surface area contributed by atoms with Crippen LogP contribution in [0.4, 0.5) is 0 Å². The third kappa shape index (κ3) is 1.57. The monoisotopic (exact) mass is 194 g/mol. The van der Waals surface area contributed by atoms with Crippen molar-refractivity contribution < 1.29 is 9.31 Å². The predicted molar refractivity (Wildman–Crippen MR) is 54.3 cm³/mol. The van der Waals surface area contributed by atoms with Gasteiger partial charge in [-0.3, -0.25) is 4.68 Å². The van der Waals surface area contributed by atoms with Crippen molar-refractivity contribution in [3.8, 4) is 0 Å². The standard InChI is InChI=1S/C9H15BN2O2/c1-7-9(2,3)14-10(13-7)8-5-11-12(4)6-8/h5-7H,1-4H3. The van der Waals surface area contributed by atoms with Crippen LogP contribution < -0.4 is 5.46 Å². The molecule has 0 N–H and O–H groups in total. The molecule has 14 heavy (non-hydrogen) atoms. The second-order valence-corrected chi connectivity index (χ2v) is 4.28. The van der Waals surface area contributed by atoms with Gasteiger partial charge in [0.15, 0.2) is 0 Å². The fourth-order valence-corrected chi connectivity index (χ4v) is 1.46. The second kappa shape index (κ2) is 3.10. The van der Waals surface area contributed by atoms with Crippen molar-refractivity contribution in [3.05, 3.63) is 12.4 Å². The molecule has 1 aliphatic rings. The lowest BCUT2D eigenvalue weighted by molar-refractivity contribution is 0.0842. The third-order valence-electron chi connectivity index (χ3n) is 2.71. The lowest BCUT2D eigenvalue weighted by Gasteiger charge is -2.21. The Labute approximate surface area is 84.3 Å². The summed E-state index contributed by atoms with van der Waals surface area (Å²) in [4.78, 5) is 0. The predicted octanol–water partition coefficient (Wildman–Crippen LogP) is 0.329.